The van der Waals surface area contributed by atoms with Crippen molar-refractivity contribution in [2.75, 3.05) is 18.0 Å². The number of rotatable bonds is 6. The Bertz CT molecular complexity index is 991. The van der Waals surface area contributed by atoms with Gasteiger partial charge in [0.25, 0.3) is 0 Å². The predicted molar refractivity (Wildman–Crippen MR) is 129 cm³/mol. The Labute approximate surface area is 185 Å². The van der Waals surface area contributed by atoms with Crippen molar-refractivity contribution in [1.29, 1.82) is 0 Å². The molecule has 2 aliphatic rings. The molecule has 30 heavy (non-hydrogen) atoms. The van der Waals surface area contributed by atoms with Gasteiger partial charge >= 0.3 is 0 Å². The number of benzene rings is 2. The highest BCUT2D eigenvalue weighted by Crippen LogP contribution is 2.44. The largest absolute Gasteiger partial charge is 0.372 e. The van der Waals surface area contributed by atoms with E-state index in [4.69, 9.17) is 0 Å². The minimum absolute atomic E-state index is 0.257. The number of azo groups is 2. The van der Waals surface area contributed by atoms with E-state index in [0.717, 1.165) is 35.3 Å². The summed E-state index contributed by atoms with van der Waals surface area (Å²) in [4.78, 5) is 8.25. The molecule has 2 unspecified atom stereocenters. The molecule has 2 atom stereocenters. The summed E-state index contributed by atoms with van der Waals surface area (Å²) in [6.45, 7) is 8.42. The Balaban J connectivity index is 1.34. The van der Waals surface area contributed by atoms with Crippen LogP contribution in [0.2, 0.25) is 0 Å². The molecule has 0 saturated carbocycles. The van der Waals surface area contributed by atoms with Crippen molar-refractivity contribution in [1.82, 2.24) is 0 Å². The van der Waals surface area contributed by atoms with E-state index in [2.05, 4.69) is 69.3 Å². The van der Waals surface area contributed by atoms with Gasteiger partial charge in [-0.25, -0.2) is 4.99 Å². The molecule has 0 bridgehead atoms. The Kier molecular flexibility index (Phi) is 6.64. The van der Waals surface area contributed by atoms with Gasteiger partial charge in [-0.3, -0.25) is 0 Å². The summed E-state index contributed by atoms with van der Waals surface area (Å²) in [6, 6.07) is 15.7. The maximum atomic E-state index is 4.62. The molecule has 154 valence electrons. The average Bonchev–Trinajstić information content (AvgIpc) is 3.30. The van der Waals surface area contributed by atoms with E-state index in [0.29, 0.717) is 5.25 Å². The first-order valence-corrected chi connectivity index (χ1v) is 11.8. The number of hydrogen-bond acceptors (Lipinski definition) is 8. The molecule has 0 saturated heterocycles. The van der Waals surface area contributed by atoms with Crippen LogP contribution in [0.25, 0.3) is 0 Å². The lowest BCUT2D eigenvalue weighted by Crippen LogP contribution is -2.21. The normalized spacial score (nSPS) is 20.6. The predicted octanol–water partition coefficient (Wildman–Crippen LogP) is 7.48. The highest BCUT2D eigenvalue weighted by atomic mass is 32.2. The summed E-state index contributed by atoms with van der Waals surface area (Å²) in [5.41, 5.74) is 3.59. The number of thioether (sulfide) groups is 2. The fraction of sp³-hybridized carbons (Fsp3) is 0.318. The van der Waals surface area contributed by atoms with Crippen LogP contribution in [0.1, 0.15) is 20.8 Å². The zero-order valence-electron chi connectivity index (χ0n) is 17.3. The minimum atomic E-state index is 0.257. The molecule has 6 nitrogen and oxygen atoms in total. The van der Waals surface area contributed by atoms with Crippen molar-refractivity contribution in [2.45, 2.75) is 31.4 Å². The number of amidine groups is 1. The summed E-state index contributed by atoms with van der Waals surface area (Å²) < 4.78 is 0. The number of nitrogens with zero attached hydrogens (tertiary/aromatic N) is 6. The van der Waals surface area contributed by atoms with Gasteiger partial charge in [-0.15, -0.1) is 22.0 Å². The molecule has 0 fully saturated rings. The van der Waals surface area contributed by atoms with Gasteiger partial charge in [-0.2, -0.15) is 10.2 Å². The Hall–Kier alpha value is -2.45. The van der Waals surface area contributed by atoms with Crippen LogP contribution in [-0.4, -0.2) is 28.9 Å². The lowest BCUT2D eigenvalue weighted by atomic mass is 10.2. The maximum absolute atomic E-state index is 4.62. The van der Waals surface area contributed by atoms with E-state index in [1.165, 1.54) is 10.6 Å². The van der Waals surface area contributed by atoms with Crippen molar-refractivity contribution in [2.24, 2.45) is 25.4 Å². The monoisotopic (exact) mass is 436 g/mol. The summed E-state index contributed by atoms with van der Waals surface area (Å²) in [5, 5.41) is 18.6. The molecular formula is C22H24N6S2. The van der Waals surface area contributed by atoms with Crippen molar-refractivity contribution in [3.8, 4) is 0 Å². The van der Waals surface area contributed by atoms with Crippen LogP contribution in [-0.2, 0) is 0 Å². The maximum Gasteiger partial charge on any atom is 0.206 e. The zero-order chi connectivity index (χ0) is 20.9. The fourth-order valence-electron chi connectivity index (χ4n) is 3.23. The quantitative estimate of drug-likeness (QED) is 0.441. The van der Waals surface area contributed by atoms with Crippen LogP contribution < -0.4 is 4.90 Å². The highest BCUT2D eigenvalue weighted by Gasteiger charge is 2.33. The summed E-state index contributed by atoms with van der Waals surface area (Å²) >= 11 is 3.47. The van der Waals surface area contributed by atoms with Crippen LogP contribution in [0, 0.1) is 0 Å². The smallest absolute Gasteiger partial charge is 0.206 e. The molecule has 0 aromatic heterocycles. The van der Waals surface area contributed by atoms with Gasteiger partial charge in [0.1, 0.15) is 5.37 Å². The molecule has 2 heterocycles. The molecule has 2 aromatic rings. The second-order valence-corrected chi connectivity index (χ2v) is 9.39. The van der Waals surface area contributed by atoms with Gasteiger partial charge in [0.2, 0.25) is 5.17 Å². The molecule has 4 rings (SSSR count). The first kappa shape index (κ1) is 20.8. The fourth-order valence-corrected chi connectivity index (χ4v) is 5.65. The summed E-state index contributed by atoms with van der Waals surface area (Å²) in [7, 11) is 0. The lowest BCUT2D eigenvalue weighted by Gasteiger charge is -2.20. The van der Waals surface area contributed by atoms with Crippen molar-refractivity contribution in [3.05, 3.63) is 59.5 Å². The van der Waals surface area contributed by atoms with Crippen LogP contribution in [0.15, 0.2) is 85.0 Å². The number of fused-ring (bicyclic) bond motifs is 1. The summed E-state index contributed by atoms with van der Waals surface area (Å²) in [5.74, 6) is 0. The Morgan fingerprint density at radius 2 is 1.33 bits per heavy atom. The molecular weight excluding hydrogens is 412 g/mol. The van der Waals surface area contributed by atoms with E-state index >= 15 is 0 Å². The molecule has 0 amide bonds. The Morgan fingerprint density at radius 3 is 1.87 bits per heavy atom. The molecule has 8 heteroatoms. The van der Waals surface area contributed by atoms with Gasteiger partial charge < -0.3 is 4.90 Å². The number of anilines is 1. The molecule has 0 aliphatic carbocycles. The van der Waals surface area contributed by atoms with E-state index in [1.807, 2.05) is 36.4 Å². The van der Waals surface area contributed by atoms with Gasteiger partial charge in [0, 0.05) is 18.8 Å². The SMILES string of the molecule is CCN(CC)c1ccc(N=Nc2ccc(N=NC3=NC4SC(C)=CC4S3)cc2)cc1. The number of allylic oxidation sites excluding steroid dienone is 1. The van der Waals surface area contributed by atoms with Gasteiger partial charge in [0.05, 0.1) is 22.3 Å². The second-order valence-electron chi connectivity index (χ2n) is 6.88. The lowest BCUT2D eigenvalue weighted by molar-refractivity contribution is 0.866. The first-order chi connectivity index (χ1) is 14.6. The average molecular weight is 437 g/mol. The van der Waals surface area contributed by atoms with Crippen molar-refractivity contribution in [3.63, 3.8) is 0 Å². The zero-order valence-corrected chi connectivity index (χ0v) is 18.9. The highest BCUT2D eigenvalue weighted by molar-refractivity contribution is 8.16. The summed E-state index contributed by atoms with van der Waals surface area (Å²) in [6.07, 6.45) is 2.25. The number of aliphatic imine (C=N–C) groups is 1. The van der Waals surface area contributed by atoms with E-state index in [-0.39, 0.29) is 5.37 Å². The second kappa shape index (κ2) is 9.57. The van der Waals surface area contributed by atoms with E-state index in [9.17, 15) is 0 Å². The third kappa shape index (κ3) is 4.99. The van der Waals surface area contributed by atoms with E-state index in [1.54, 1.807) is 23.5 Å². The van der Waals surface area contributed by atoms with Crippen molar-refractivity contribution < 1.29 is 0 Å². The molecule has 0 N–H and O–H groups in total. The molecule has 2 aliphatic heterocycles. The van der Waals surface area contributed by atoms with Gasteiger partial charge in [-0.1, -0.05) is 17.8 Å². The Morgan fingerprint density at radius 1 is 0.800 bits per heavy atom. The number of hydrogen-bond donors (Lipinski definition) is 0. The molecule has 2 aromatic carbocycles. The topological polar surface area (TPSA) is 65.0 Å². The van der Waals surface area contributed by atoms with Gasteiger partial charge in [-0.05, 0) is 74.2 Å². The third-order valence-electron chi connectivity index (χ3n) is 4.83. The van der Waals surface area contributed by atoms with Crippen LogP contribution in [0.4, 0.5) is 22.7 Å². The standard InChI is InChI=1S/C22H24N6S2/c1-4-28(5-2)19-12-10-18(11-13-19)25-24-16-6-8-17(9-7-16)26-27-22-23-21-20(30-22)14-15(3)29-21/h6-14,20-21H,4-5H2,1-3H3. The van der Waals surface area contributed by atoms with Gasteiger partial charge in [0.15, 0.2) is 0 Å². The minimum Gasteiger partial charge on any atom is -0.372 e. The van der Waals surface area contributed by atoms with E-state index < -0.39 is 0 Å². The first-order valence-electron chi connectivity index (χ1n) is 10.0. The third-order valence-corrected chi connectivity index (χ3v) is 7.21. The van der Waals surface area contributed by atoms with Crippen molar-refractivity contribution >= 4 is 51.4 Å². The van der Waals surface area contributed by atoms with Crippen LogP contribution in [0.3, 0.4) is 0 Å². The van der Waals surface area contributed by atoms with Crippen LogP contribution in [0.5, 0.6) is 0 Å². The molecule has 0 spiro atoms. The van der Waals surface area contributed by atoms with Crippen LogP contribution >= 0.6 is 23.5 Å². The molecule has 0 radical (unpaired) electrons.